The molecule has 2 rings (SSSR count). The van der Waals surface area contributed by atoms with Crippen molar-refractivity contribution >= 4 is 12.3 Å². The molecule has 1 aromatic carbocycles. The van der Waals surface area contributed by atoms with Gasteiger partial charge in [0.2, 0.25) is 0 Å². The number of methoxy groups -OCH3 is 1. The summed E-state index contributed by atoms with van der Waals surface area (Å²) in [6.07, 6.45) is 3.33. The lowest BCUT2D eigenvalue weighted by atomic mass is 9.98. The first kappa shape index (κ1) is 14.7. The monoisotopic (exact) mass is 275 g/mol. The lowest BCUT2D eigenvalue weighted by Gasteiger charge is -2.29. The second-order valence-corrected chi connectivity index (χ2v) is 5.32. The van der Waals surface area contributed by atoms with Crippen LogP contribution in [0.25, 0.3) is 0 Å². The van der Waals surface area contributed by atoms with Gasteiger partial charge < -0.3 is 9.53 Å². The summed E-state index contributed by atoms with van der Waals surface area (Å²) >= 11 is 0. The molecule has 0 saturated carbocycles. The fourth-order valence-electron chi connectivity index (χ4n) is 2.51. The van der Waals surface area contributed by atoms with Crippen molar-refractivity contribution in [3.63, 3.8) is 0 Å². The molecule has 1 saturated heterocycles. The number of likely N-dealkylation sites (tertiary alicyclic amines) is 1. The number of hydrogen-bond donors (Lipinski definition) is 0. The van der Waals surface area contributed by atoms with Crippen LogP contribution in [0.4, 0.5) is 0 Å². The van der Waals surface area contributed by atoms with Crippen LogP contribution in [0.15, 0.2) is 24.3 Å². The lowest BCUT2D eigenvalue weighted by Crippen LogP contribution is -2.33. The fraction of sp³-hybridized carbons (Fsp3) is 0.500. The van der Waals surface area contributed by atoms with Crippen LogP contribution < -0.4 is 0 Å². The van der Waals surface area contributed by atoms with Crippen LogP contribution in [0.5, 0.6) is 0 Å². The van der Waals surface area contributed by atoms with Gasteiger partial charge in [-0.3, -0.25) is 9.69 Å². The molecule has 20 heavy (non-hydrogen) atoms. The van der Waals surface area contributed by atoms with E-state index >= 15 is 0 Å². The van der Waals surface area contributed by atoms with Gasteiger partial charge in [-0.2, -0.15) is 0 Å². The van der Waals surface area contributed by atoms with E-state index in [1.165, 1.54) is 12.7 Å². The number of aldehydes is 1. The van der Waals surface area contributed by atoms with Crippen molar-refractivity contribution < 1.29 is 14.3 Å². The number of carbonyl (C=O) groups excluding carboxylic acids is 2. The number of benzene rings is 1. The van der Waals surface area contributed by atoms with Gasteiger partial charge in [-0.1, -0.05) is 24.3 Å². The van der Waals surface area contributed by atoms with E-state index in [1.807, 2.05) is 12.1 Å². The van der Waals surface area contributed by atoms with Gasteiger partial charge in [-0.15, -0.1) is 0 Å². The van der Waals surface area contributed by atoms with Gasteiger partial charge in [-0.25, -0.2) is 0 Å². The Kier molecular flexibility index (Phi) is 5.30. The number of nitrogens with zero attached hydrogens (tertiary/aromatic N) is 1. The van der Waals surface area contributed by atoms with E-state index in [1.54, 1.807) is 0 Å². The molecule has 0 N–H and O–H groups in total. The van der Waals surface area contributed by atoms with Gasteiger partial charge in [0.05, 0.1) is 13.5 Å². The molecule has 1 aromatic rings. The topological polar surface area (TPSA) is 46.6 Å². The summed E-state index contributed by atoms with van der Waals surface area (Å²) in [5.41, 5.74) is 2.21. The van der Waals surface area contributed by atoms with Crippen LogP contribution in [0.3, 0.4) is 0 Å². The molecular formula is C16H21NO3. The zero-order valence-corrected chi connectivity index (χ0v) is 11.9. The second kappa shape index (κ2) is 7.20. The zero-order valence-electron chi connectivity index (χ0n) is 11.9. The number of carbonyl (C=O) groups is 2. The van der Waals surface area contributed by atoms with Crippen molar-refractivity contribution in [2.24, 2.45) is 5.92 Å². The van der Waals surface area contributed by atoms with Gasteiger partial charge in [0.15, 0.2) is 0 Å². The van der Waals surface area contributed by atoms with E-state index in [0.29, 0.717) is 6.42 Å². The third-order valence-corrected chi connectivity index (χ3v) is 3.83. The van der Waals surface area contributed by atoms with Crippen molar-refractivity contribution in [3.8, 4) is 0 Å². The van der Waals surface area contributed by atoms with Gasteiger partial charge in [0.1, 0.15) is 6.29 Å². The predicted molar refractivity (Wildman–Crippen MR) is 76.2 cm³/mol. The molecule has 4 heteroatoms. The maximum Gasteiger partial charge on any atom is 0.309 e. The maximum atomic E-state index is 11.2. The molecule has 0 amide bonds. The highest BCUT2D eigenvalue weighted by Crippen LogP contribution is 2.17. The van der Waals surface area contributed by atoms with Crippen molar-refractivity contribution in [3.05, 3.63) is 35.4 Å². The average Bonchev–Trinajstić information content (AvgIpc) is 2.50. The standard InChI is InChI=1S/C16H21NO3/c1-20-16(19)10-13-2-4-14(5-3-13)11-17-8-6-15(12-18)7-9-17/h2-5,12,15H,6-11H2,1H3. The molecule has 108 valence electrons. The zero-order chi connectivity index (χ0) is 14.4. The first-order valence-electron chi connectivity index (χ1n) is 7.03. The minimum atomic E-state index is -0.214. The van der Waals surface area contributed by atoms with E-state index in [-0.39, 0.29) is 11.9 Å². The molecule has 1 heterocycles. The molecule has 4 nitrogen and oxygen atoms in total. The number of rotatable bonds is 5. The van der Waals surface area contributed by atoms with Gasteiger partial charge in [0.25, 0.3) is 0 Å². The van der Waals surface area contributed by atoms with Crippen molar-refractivity contribution in [1.82, 2.24) is 4.90 Å². The van der Waals surface area contributed by atoms with Gasteiger partial charge in [-0.05, 0) is 37.1 Å². The largest absolute Gasteiger partial charge is 0.469 e. The Morgan fingerprint density at radius 2 is 1.85 bits per heavy atom. The maximum absolute atomic E-state index is 11.2. The Balaban J connectivity index is 1.85. The Morgan fingerprint density at radius 3 is 2.40 bits per heavy atom. The van der Waals surface area contributed by atoms with Gasteiger partial charge >= 0.3 is 5.97 Å². The Hall–Kier alpha value is -1.68. The summed E-state index contributed by atoms with van der Waals surface area (Å²) in [5, 5.41) is 0. The molecular weight excluding hydrogens is 254 g/mol. The Bertz CT molecular complexity index is 447. The third kappa shape index (κ3) is 4.17. The molecule has 1 aliphatic rings. The van der Waals surface area contributed by atoms with Crippen LogP contribution >= 0.6 is 0 Å². The van der Waals surface area contributed by atoms with E-state index in [4.69, 9.17) is 0 Å². The number of piperidine rings is 1. The van der Waals surface area contributed by atoms with E-state index < -0.39 is 0 Å². The molecule has 0 aliphatic carbocycles. The normalized spacial score (nSPS) is 16.9. The van der Waals surface area contributed by atoms with Gasteiger partial charge in [0, 0.05) is 12.5 Å². The first-order valence-corrected chi connectivity index (χ1v) is 7.03. The summed E-state index contributed by atoms with van der Waals surface area (Å²) < 4.78 is 4.65. The SMILES string of the molecule is COC(=O)Cc1ccc(CN2CCC(C=O)CC2)cc1. The van der Waals surface area contributed by atoms with E-state index in [9.17, 15) is 9.59 Å². The first-order chi connectivity index (χ1) is 9.71. The summed E-state index contributed by atoms with van der Waals surface area (Å²) in [7, 11) is 1.40. The summed E-state index contributed by atoms with van der Waals surface area (Å²) in [6.45, 7) is 2.87. The molecule has 0 bridgehead atoms. The second-order valence-electron chi connectivity index (χ2n) is 5.32. The van der Waals surface area contributed by atoms with Crippen molar-refractivity contribution in [2.75, 3.05) is 20.2 Å². The highest BCUT2D eigenvalue weighted by molar-refractivity contribution is 5.72. The van der Waals surface area contributed by atoms with Crippen LogP contribution in [-0.4, -0.2) is 37.4 Å². The lowest BCUT2D eigenvalue weighted by molar-refractivity contribution is -0.139. The van der Waals surface area contributed by atoms with Crippen LogP contribution in [0.2, 0.25) is 0 Å². The molecule has 1 fully saturated rings. The third-order valence-electron chi connectivity index (χ3n) is 3.83. The summed E-state index contributed by atoms with van der Waals surface area (Å²) in [4.78, 5) is 24.3. The molecule has 0 unspecified atom stereocenters. The summed E-state index contributed by atoms with van der Waals surface area (Å²) in [6, 6.07) is 8.07. The van der Waals surface area contributed by atoms with E-state index in [2.05, 4.69) is 21.8 Å². The highest BCUT2D eigenvalue weighted by Gasteiger charge is 2.18. The summed E-state index contributed by atoms with van der Waals surface area (Å²) in [5.74, 6) is 0.0300. The van der Waals surface area contributed by atoms with Crippen molar-refractivity contribution in [1.29, 1.82) is 0 Å². The molecule has 0 radical (unpaired) electrons. The quantitative estimate of drug-likeness (QED) is 0.607. The Morgan fingerprint density at radius 1 is 1.25 bits per heavy atom. The van der Waals surface area contributed by atoms with Crippen LogP contribution in [-0.2, 0) is 27.3 Å². The molecule has 0 atom stereocenters. The fourth-order valence-corrected chi connectivity index (χ4v) is 2.51. The van der Waals surface area contributed by atoms with Crippen LogP contribution in [0.1, 0.15) is 24.0 Å². The van der Waals surface area contributed by atoms with Crippen molar-refractivity contribution in [2.45, 2.75) is 25.8 Å². The van der Waals surface area contributed by atoms with Crippen LogP contribution in [0, 0.1) is 5.92 Å². The number of ether oxygens (including phenoxy) is 1. The average molecular weight is 275 g/mol. The molecule has 0 aromatic heterocycles. The number of hydrogen-bond acceptors (Lipinski definition) is 4. The molecule has 1 aliphatic heterocycles. The minimum absolute atomic E-state index is 0.214. The minimum Gasteiger partial charge on any atom is -0.469 e. The molecule has 0 spiro atoms. The van der Waals surface area contributed by atoms with E-state index in [0.717, 1.165) is 44.3 Å². The number of esters is 1. The highest BCUT2D eigenvalue weighted by atomic mass is 16.5. The predicted octanol–water partition coefficient (Wildman–Crippen LogP) is 1.81. The smallest absolute Gasteiger partial charge is 0.309 e. The Labute approximate surface area is 119 Å².